The van der Waals surface area contributed by atoms with Gasteiger partial charge in [0.05, 0.1) is 16.3 Å². The number of nitrogens with one attached hydrogen (secondary N) is 1. The Morgan fingerprint density at radius 3 is 2.60 bits per heavy atom. The summed E-state index contributed by atoms with van der Waals surface area (Å²) in [6, 6.07) is 4.66. The molecule has 10 nitrogen and oxygen atoms in total. The first kappa shape index (κ1) is 18.0. The first-order valence-electron chi connectivity index (χ1n) is 7.43. The van der Waals surface area contributed by atoms with E-state index in [0.717, 1.165) is 0 Å². The zero-order chi connectivity index (χ0) is 18.7. The fourth-order valence-corrected chi connectivity index (χ4v) is 2.25. The largest absolute Gasteiger partial charge is 0.480 e. The molecule has 0 radical (unpaired) electrons. The smallest absolute Gasteiger partial charge is 0.326 e. The summed E-state index contributed by atoms with van der Waals surface area (Å²) in [5.41, 5.74) is 0.547. The van der Waals surface area contributed by atoms with E-state index in [1.165, 1.54) is 22.9 Å². The molecule has 0 bridgehead atoms. The van der Waals surface area contributed by atoms with E-state index in [4.69, 9.17) is 5.11 Å². The Kier molecular flexibility index (Phi) is 5.11. The highest BCUT2D eigenvalue weighted by molar-refractivity contribution is 5.95. The molecule has 1 unspecified atom stereocenters. The van der Waals surface area contributed by atoms with E-state index in [1.807, 2.05) is 0 Å². The third-order valence-electron chi connectivity index (χ3n) is 3.61. The molecule has 2 aromatic rings. The minimum atomic E-state index is -1.15. The van der Waals surface area contributed by atoms with Crippen LogP contribution >= 0.6 is 0 Å². The van der Waals surface area contributed by atoms with E-state index in [9.17, 15) is 19.7 Å². The second-order valence-electron chi connectivity index (χ2n) is 5.75. The lowest BCUT2D eigenvalue weighted by atomic mass is 10.0. The number of nitrogens with zero attached hydrogens (tertiary/aromatic N) is 4. The molecule has 1 aromatic carbocycles. The first-order valence-corrected chi connectivity index (χ1v) is 7.43. The SMILES string of the molecule is Cc1c(C(=O)NC(C(=O)O)C(C)C)nnn1-c1cccc([N+](=O)[O-])c1. The number of hydrogen-bond donors (Lipinski definition) is 2. The molecule has 1 atom stereocenters. The highest BCUT2D eigenvalue weighted by Crippen LogP contribution is 2.18. The lowest BCUT2D eigenvalue weighted by Gasteiger charge is -2.17. The molecule has 0 saturated carbocycles. The number of nitro benzene ring substituents is 1. The van der Waals surface area contributed by atoms with Crippen molar-refractivity contribution in [3.63, 3.8) is 0 Å². The number of carbonyl (C=O) groups excluding carboxylic acids is 1. The Hall–Kier alpha value is -3.30. The molecule has 0 aliphatic carbocycles. The van der Waals surface area contributed by atoms with E-state index >= 15 is 0 Å². The molecular weight excluding hydrogens is 330 g/mol. The third-order valence-corrected chi connectivity index (χ3v) is 3.61. The van der Waals surface area contributed by atoms with E-state index in [2.05, 4.69) is 15.6 Å². The van der Waals surface area contributed by atoms with Gasteiger partial charge in [-0.2, -0.15) is 0 Å². The van der Waals surface area contributed by atoms with Gasteiger partial charge in [0, 0.05) is 12.1 Å². The Bertz CT molecular complexity index is 829. The predicted octanol–water partition coefficient (Wildman–Crippen LogP) is 1.32. The maximum Gasteiger partial charge on any atom is 0.326 e. The Labute approximate surface area is 142 Å². The summed E-state index contributed by atoms with van der Waals surface area (Å²) >= 11 is 0. The average Bonchev–Trinajstić information content (AvgIpc) is 2.93. The topological polar surface area (TPSA) is 140 Å². The Balaban J connectivity index is 2.32. The minimum absolute atomic E-state index is 0.0431. The predicted molar refractivity (Wildman–Crippen MR) is 86.5 cm³/mol. The van der Waals surface area contributed by atoms with Crippen molar-refractivity contribution in [2.24, 2.45) is 5.92 Å². The quantitative estimate of drug-likeness (QED) is 0.593. The molecular formula is C15H17N5O5. The monoisotopic (exact) mass is 347 g/mol. The van der Waals surface area contributed by atoms with Crippen molar-refractivity contribution >= 4 is 17.6 Å². The van der Waals surface area contributed by atoms with Gasteiger partial charge in [0.25, 0.3) is 11.6 Å². The van der Waals surface area contributed by atoms with Crippen molar-refractivity contribution in [1.29, 1.82) is 0 Å². The summed E-state index contributed by atoms with van der Waals surface area (Å²) in [6.07, 6.45) is 0. The lowest BCUT2D eigenvalue weighted by Crippen LogP contribution is -2.44. The van der Waals surface area contributed by atoms with Crippen LogP contribution in [0.3, 0.4) is 0 Å². The number of non-ortho nitro benzene ring substituents is 1. The van der Waals surface area contributed by atoms with Crippen LogP contribution in [-0.4, -0.2) is 42.9 Å². The number of aliphatic carboxylic acids is 1. The molecule has 132 valence electrons. The van der Waals surface area contributed by atoms with Gasteiger partial charge in [-0.05, 0) is 18.9 Å². The fraction of sp³-hybridized carbons (Fsp3) is 0.333. The van der Waals surface area contributed by atoms with Crippen LogP contribution in [0.15, 0.2) is 24.3 Å². The number of benzene rings is 1. The molecule has 0 fully saturated rings. The van der Waals surface area contributed by atoms with Crippen LogP contribution in [0.25, 0.3) is 5.69 Å². The number of amides is 1. The highest BCUT2D eigenvalue weighted by atomic mass is 16.6. The van der Waals surface area contributed by atoms with Crippen LogP contribution in [0.4, 0.5) is 5.69 Å². The summed E-state index contributed by atoms with van der Waals surface area (Å²) in [5, 5.41) is 30.0. The molecule has 0 aliphatic heterocycles. The van der Waals surface area contributed by atoms with Gasteiger partial charge in [0.2, 0.25) is 0 Å². The molecule has 2 N–H and O–H groups in total. The van der Waals surface area contributed by atoms with Gasteiger partial charge in [-0.3, -0.25) is 14.9 Å². The van der Waals surface area contributed by atoms with Crippen molar-refractivity contribution in [1.82, 2.24) is 20.3 Å². The molecule has 1 heterocycles. The second-order valence-corrected chi connectivity index (χ2v) is 5.75. The number of nitro groups is 1. The molecule has 0 saturated heterocycles. The maximum absolute atomic E-state index is 12.3. The highest BCUT2D eigenvalue weighted by Gasteiger charge is 2.26. The van der Waals surface area contributed by atoms with Gasteiger partial charge in [-0.25, -0.2) is 9.48 Å². The van der Waals surface area contributed by atoms with Gasteiger partial charge in [0.1, 0.15) is 6.04 Å². The lowest BCUT2D eigenvalue weighted by molar-refractivity contribution is -0.384. The molecule has 0 aliphatic rings. The molecule has 0 spiro atoms. The van der Waals surface area contributed by atoms with Crippen molar-refractivity contribution < 1.29 is 19.6 Å². The van der Waals surface area contributed by atoms with Crippen LogP contribution in [0, 0.1) is 23.0 Å². The minimum Gasteiger partial charge on any atom is -0.480 e. The zero-order valence-corrected chi connectivity index (χ0v) is 13.8. The molecule has 1 amide bonds. The van der Waals surface area contributed by atoms with Gasteiger partial charge in [0.15, 0.2) is 5.69 Å². The maximum atomic E-state index is 12.3. The molecule has 25 heavy (non-hydrogen) atoms. The number of rotatable bonds is 6. The van der Waals surface area contributed by atoms with Crippen molar-refractivity contribution in [2.75, 3.05) is 0 Å². The number of carboxylic acid groups (broad SMARTS) is 1. The van der Waals surface area contributed by atoms with E-state index in [-0.39, 0.29) is 17.3 Å². The van der Waals surface area contributed by atoms with E-state index < -0.39 is 22.8 Å². The first-order chi connectivity index (χ1) is 11.7. The summed E-state index contributed by atoms with van der Waals surface area (Å²) in [5.74, 6) is -2.13. The number of aromatic nitrogens is 3. The van der Waals surface area contributed by atoms with Gasteiger partial charge in [-0.15, -0.1) is 5.10 Å². The van der Waals surface area contributed by atoms with Crippen LogP contribution in [-0.2, 0) is 4.79 Å². The summed E-state index contributed by atoms with van der Waals surface area (Å²) in [4.78, 5) is 33.8. The molecule has 2 rings (SSSR count). The van der Waals surface area contributed by atoms with Crippen molar-refractivity contribution in [3.8, 4) is 5.69 Å². The van der Waals surface area contributed by atoms with Gasteiger partial charge < -0.3 is 10.4 Å². The van der Waals surface area contributed by atoms with Gasteiger partial charge >= 0.3 is 5.97 Å². The van der Waals surface area contributed by atoms with Crippen LogP contribution < -0.4 is 5.32 Å². The van der Waals surface area contributed by atoms with Crippen molar-refractivity contribution in [3.05, 3.63) is 45.8 Å². The number of carbonyl (C=O) groups is 2. The second kappa shape index (κ2) is 7.07. The zero-order valence-electron chi connectivity index (χ0n) is 13.8. The number of carboxylic acids is 1. The van der Waals surface area contributed by atoms with Crippen molar-refractivity contribution in [2.45, 2.75) is 26.8 Å². The fourth-order valence-electron chi connectivity index (χ4n) is 2.25. The Morgan fingerprint density at radius 2 is 2.04 bits per heavy atom. The summed E-state index contributed by atoms with van der Waals surface area (Å²) in [7, 11) is 0. The normalized spacial score (nSPS) is 12.0. The standard InChI is InChI=1S/C15H17N5O5/c1-8(2)12(15(22)23)16-14(21)13-9(3)19(18-17-13)10-5-4-6-11(7-10)20(24)25/h4-8,12H,1-3H3,(H,16,21)(H,22,23). The molecule has 10 heteroatoms. The van der Waals surface area contributed by atoms with Crippen LogP contribution in [0.5, 0.6) is 0 Å². The number of hydrogen-bond acceptors (Lipinski definition) is 6. The summed E-state index contributed by atoms with van der Waals surface area (Å²) in [6.45, 7) is 4.91. The average molecular weight is 347 g/mol. The van der Waals surface area contributed by atoms with Gasteiger partial charge in [-0.1, -0.05) is 25.1 Å². The van der Waals surface area contributed by atoms with Crippen LogP contribution in [0.2, 0.25) is 0 Å². The van der Waals surface area contributed by atoms with Crippen LogP contribution in [0.1, 0.15) is 30.0 Å². The third kappa shape index (κ3) is 3.79. The molecule has 1 aromatic heterocycles. The van der Waals surface area contributed by atoms with E-state index in [0.29, 0.717) is 11.4 Å². The summed E-state index contributed by atoms with van der Waals surface area (Å²) < 4.78 is 1.28. The van der Waals surface area contributed by atoms with E-state index in [1.54, 1.807) is 26.8 Å². The Morgan fingerprint density at radius 1 is 1.36 bits per heavy atom.